The maximum Gasteiger partial charge on any atom is 0.222 e. The summed E-state index contributed by atoms with van der Waals surface area (Å²) in [6.07, 6.45) is 3.34. The van der Waals surface area contributed by atoms with E-state index < -0.39 is 0 Å². The third-order valence-electron chi connectivity index (χ3n) is 4.39. The van der Waals surface area contributed by atoms with Crippen LogP contribution in [-0.2, 0) is 6.54 Å². The van der Waals surface area contributed by atoms with Crippen molar-refractivity contribution in [1.29, 1.82) is 0 Å². The second-order valence-corrected chi connectivity index (χ2v) is 7.18. The average molecular weight is 407 g/mol. The topological polar surface area (TPSA) is 63.8 Å². The molecule has 1 aromatic heterocycles. The van der Waals surface area contributed by atoms with Crippen LogP contribution >= 0.6 is 23.2 Å². The van der Waals surface area contributed by atoms with Crippen molar-refractivity contribution in [2.75, 3.05) is 6.61 Å². The lowest BCUT2D eigenvalue weighted by Crippen LogP contribution is -2.00. The molecule has 0 radical (unpaired) electrons. The molecule has 0 spiro atoms. The van der Waals surface area contributed by atoms with Gasteiger partial charge < -0.3 is 14.4 Å². The molecule has 0 aliphatic rings. The summed E-state index contributed by atoms with van der Waals surface area (Å²) in [5.41, 5.74) is 1.38. The first-order valence-corrected chi connectivity index (χ1v) is 9.56. The third-order valence-corrected chi connectivity index (χ3v) is 4.90. The quantitative estimate of drug-likeness (QED) is 0.335. The molecule has 0 saturated heterocycles. The maximum absolute atomic E-state index is 11.2. The molecule has 3 rings (SSSR count). The molecule has 5 nitrogen and oxygen atoms in total. The fourth-order valence-electron chi connectivity index (χ4n) is 3.03. The maximum atomic E-state index is 11.2. The lowest BCUT2D eigenvalue weighted by molar-refractivity contribution is 0.306. The van der Waals surface area contributed by atoms with E-state index in [-0.39, 0.29) is 11.6 Å². The van der Waals surface area contributed by atoms with Crippen molar-refractivity contribution >= 4 is 39.8 Å². The van der Waals surface area contributed by atoms with Crippen molar-refractivity contribution in [3.8, 4) is 11.6 Å². The highest BCUT2D eigenvalue weighted by atomic mass is 35.5. The van der Waals surface area contributed by atoms with E-state index in [1.807, 2.05) is 24.3 Å². The molecule has 1 N–H and O–H groups in total. The number of aromatic nitrogens is 1. The van der Waals surface area contributed by atoms with Crippen LogP contribution < -0.4 is 4.74 Å². The number of hydrogen-bond acceptors (Lipinski definition) is 4. The number of nitrogens with zero attached hydrogens (tertiary/aromatic N) is 2. The Balaban J connectivity index is 1.86. The molecule has 2 aromatic carbocycles. The molecule has 0 aliphatic heterocycles. The van der Waals surface area contributed by atoms with E-state index in [2.05, 4.69) is 12.1 Å². The van der Waals surface area contributed by atoms with E-state index >= 15 is 0 Å². The molecule has 0 saturated carbocycles. The second-order valence-electron chi connectivity index (χ2n) is 6.33. The highest BCUT2D eigenvalue weighted by Gasteiger charge is 2.20. The summed E-state index contributed by atoms with van der Waals surface area (Å²) < 4.78 is 7.27. The molecule has 27 heavy (non-hydrogen) atoms. The molecular weight excluding hydrogens is 387 g/mol. The molecule has 0 fully saturated rings. The first-order chi connectivity index (χ1) is 13.0. The Hall–Kier alpha value is -2.24. The minimum absolute atomic E-state index is 0.0646. The number of nitroso groups, excluding NO2 is 1. The molecule has 1 heterocycles. The van der Waals surface area contributed by atoms with Crippen molar-refractivity contribution in [3.05, 3.63) is 56.9 Å². The van der Waals surface area contributed by atoms with Crippen LogP contribution in [0.4, 0.5) is 5.69 Å². The fraction of sp³-hybridized carbons (Fsp3) is 0.300. The zero-order valence-electron chi connectivity index (χ0n) is 14.9. The van der Waals surface area contributed by atoms with E-state index in [0.717, 1.165) is 30.6 Å². The van der Waals surface area contributed by atoms with Crippen LogP contribution in [-0.4, -0.2) is 16.3 Å². The van der Waals surface area contributed by atoms with Crippen molar-refractivity contribution < 1.29 is 9.84 Å². The van der Waals surface area contributed by atoms with Crippen LogP contribution in [0.1, 0.15) is 31.7 Å². The Kier molecular flexibility index (Phi) is 6.24. The van der Waals surface area contributed by atoms with E-state index in [0.29, 0.717) is 34.1 Å². The zero-order chi connectivity index (χ0) is 19.4. The lowest BCUT2D eigenvalue weighted by atomic mass is 10.2. The lowest BCUT2D eigenvalue weighted by Gasteiger charge is -2.10. The van der Waals surface area contributed by atoms with Gasteiger partial charge in [0.05, 0.1) is 23.7 Å². The Morgan fingerprint density at radius 2 is 1.89 bits per heavy atom. The standard InChI is InChI=1S/C20H20Cl2N2O3/c1-2-3-4-9-27-15-7-5-13(6-8-15)12-24-19-16(18(23-26)20(24)25)10-14(21)11-17(19)22/h5-8,10-11,25H,2-4,9,12H2,1H3. The molecule has 7 heteroatoms. The van der Waals surface area contributed by atoms with Crippen LogP contribution in [0, 0.1) is 4.91 Å². The van der Waals surface area contributed by atoms with Crippen molar-refractivity contribution in [1.82, 2.24) is 4.57 Å². The average Bonchev–Trinajstić information content (AvgIpc) is 2.91. The van der Waals surface area contributed by atoms with Gasteiger partial charge in [0.25, 0.3) is 0 Å². The van der Waals surface area contributed by atoms with Gasteiger partial charge in [-0.2, -0.15) is 0 Å². The van der Waals surface area contributed by atoms with E-state index in [1.54, 1.807) is 16.7 Å². The largest absolute Gasteiger partial charge is 0.494 e. The third kappa shape index (κ3) is 4.20. The van der Waals surface area contributed by atoms with Crippen molar-refractivity contribution in [2.45, 2.75) is 32.7 Å². The number of ether oxygens (including phenoxy) is 1. The fourth-order valence-corrected chi connectivity index (χ4v) is 3.63. The van der Waals surface area contributed by atoms with Crippen LogP contribution in [0.5, 0.6) is 11.6 Å². The van der Waals surface area contributed by atoms with Gasteiger partial charge in [0.15, 0.2) is 5.69 Å². The Morgan fingerprint density at radius 3 is 2.56 bits per heavy atom. The number of fused-ring (bicyclic) bond motifs is 1. The van der Waals surface area contributed by atoms with E-state index in [1.165, 1.54) is 0 Å². The highest BCUT2D eigenvalue weighted by Crippen LogP contribution is 2.43. The number of benzene rings is 2. The van der Waals surface area contributed by atoms with E-state index in [4.69, 9.17) is 27.9 Å². The smallest absolute Gasteiger partial charge is 0.222 e. The minimum atomic E-state index is -0.232. The summed E-state index contributed by atoms with van der Waals surface area (Å²) in [4.78, 5) is 11.2. The molecule has 3 aromatic rings. The number of aromatic hydroxyl groups is 1. The monoisotopic (exact) mass is 406 g/mol. The molecule has 142 valence electrons. The summed E-state index contributed by atoms with van der Waals surface area (Å²) in [5, 5.41) is 14.5. The Bertz CT molecular complexity index is 952. The number of halogens is 2. The van der Waals surface area contributed by atoms with Gasteiger partial charge in [-0.05, 0) is 41.4 Å². The Morgan fingerprint density at radius 1 is 1.15 bits per heavy atom. The number of hydrogen-bond donors (Lipinski definition) is 1. The van der Waals surface area contributed by atoms with Gasteiger partial charge in [-0.3, -0.25) is 0 Å². The van der Waals surface area contributed by atoms with Gasteiger partial charge in [0, 0.05) is 10.4 Å². The van der Waals surface area contributed by atoms with Crippen molar-refractivity contribution in [2.24, 2.45) is 5.18 Å². The van der Waals surface area contributed by atoms with Crippen LogP contribution in [0.2, 0.25) is 10.0 Å². The van der Waals surface area contributed by atoms with Crippen LogP contribution in [0.25, 0.3) is 10.9 Å². The van der Waals surface area contributed by atoms with Gasteiger partial charge >= 0.3 is 0 Å². The predicted octanol–water partition coefficient (Wildman–Crippen LogP) is 6.67. The van der Waals surface area contributed by atoms with Gasteiger partial charge in [-0.15, -0.1) is 4.91 Å². The normalized spacial score (nSPS) is 11.1. The summed E-state index contributed by atoms with van der Waals surface area (Å²) in [5.74, 6) is 0.570. The number of rotatable bonds is 8. The Labute approximate surface area is 167 Å². The van der Waals surface area contributed by atoms with Crippen LogP contribution in [0.15, 0.2) is 41.6 Å². The molecule has 0 bridgehead atoms. The molecule has 0 atom stereocenters. The molecule has 0 amide bonds. The summed E-state index contributed by atoms with van der Waals surface area (Å²) in [7, 11) is 0. The van der Waals surface area contributed by atoms with Gasteiger partial charge in [0.2, 0.25) is 5.88 Å². The van der Waals surface area contributed by atoms with Gasteiger partial charge in [-0.1, -0.05) is 55.1 Å². The first-order valence-electron chi connectivity index (χ1n) is 8.80. The van der Waals surface area contributed by atoms with Crippen molar-refractivity contribution in [3.63, 3.8) is 0 Å². The predicted molar refractivity (Wildman–Crippen MR) is 110 cm³/mol. The van der Waals surface area contributed by atoms with Crippen LogP contribution in [0.3, 0.4) is 0 Å². The number of unbranched alkanes of at least 4 members (excludes halogenated alkanes) is 2. The summed E-state index contributed by atoms with van der Waals surface area (Å²) >= 11 is 12.3. The van der Waals surface area contributed by atoms with Gasteiger partial charge in [-0.25, -0.2) is 0 Å². The molecule has 0 aliphatic carbocycles. The van der Waals surface area contributed by atoms with Gasteiger partial charge in [0.1, 0.15) is 5.75 Å². The first kappa shape index (κ1) is 19.5. The minimum Gasteiger partial charge on any atom is -0.494 e. The van der Waals surface area contributed by atoms with E-state index in [9.17, 15) is 10.0 Å². The highest BCUT2D eigenvalue weighted by molar-refractivity contribution is 6.39. The summed E-state index contributed by atoms with van der Waals surface area (Å²) in [6.45, 7) is 3.18. The zero-order valence-corrected chi connectivity index (χ0v) is 16.4. The second kappa shape index (κ2) is 8.63. The molecule has 0 unspecified atom stereocenters. The summed E-state index contributed by atoms with van der Waals surface area (Å²) in [6, 6.07) is 10.8. The molecular formula is C20H20Cl2N2O3. The SMILES string of the molecule is CCCCCOc1ccc(Cn2c(O)c(N=O)c3cc(Cl)cc(Cl)c32)cc1.